The topological polar surface area (TPSA) is 42.5 Å². The lowest BCUT2D eigenvalue weighted by Crippen LogP contribution is -2.39. The minimum Gasteiger partial charge on any atom is -0.273 e. The molecule has 0 amide bonds. The van der Waals surface area contributed by atoms with E-state index in [0.717, 1.165) is 13.0 Å². The van der Waals surface area contributed by atoms with Crippen LogP contribution in [0.15, 0.2) is 71.0 Å². The predicted molar refractivity (Wildman–Crippen MR) is 102 cm³/mol. The Morgan fingerprint density at radius 1 is 1.08 bits per heavy atom. The number of nitrogens with zero attached hydrogens (tertiary/aromatic N) is 4. The second-order valence-electron chi connectivity index (χ2n) is 6.53. The van der Waals surface area contributed by atoms with Gasteiger partial charge in [-0.15, -0.1) is 16.4 Å². The molecule has 5 rings (SSSR count). The smallest absolute Gasteiger partial charge is 0.273 e. The monoisotopic (exact) mass is 362 g/mol. The van der Waals surface area contributed by atoms with Crippen LogP contribution in [-0.4, -0.2) is 25.6 Å². The number of benzene rings is 1. The molecule has 0 unspecified atom stereocenters. The van der Waals surface area contributed by atoms with Crippen LogP contribution in [0.1, 0.15) is 22.0 Å². The van der Waals surface area contributed by atoms with Crippen molar-refractivity contribution in [3.8, 4) is 0 Å². The Bertz CT molecular complexity index is 1110. The quantitative estimate of drug-likeness (QED) is 0.562. The number of hydrogen-bond donors (Lipinski definition) is 0. The van der Waals surface area contributed by atoms with Crippen molar-refractivity contribution < 1.29 is 0 Å². The SMILES string of the molecule is O=c1n(CN2CCc3sccc3[C@@H]2c2ccccc2)nc2ccccn12. The molecular weight excluding hydrogens is 344 g/mol. The second kappa shape index (κ2) is 6.23. The van der Waals surface area contributed by atoms with Crippen LogP contribution in [0.2, 0.25) is 0 Å². The molecule has 0 radical (unpaired) electrons. The minimum atomic E-state index is -0.0940. The maximum absolute atomic E-state index is 12.7. The fourth-order valence-corrected chi connectivity index (χ4v) is 4.68. The summed E-state index contributed by atoms with van der Waals surface area (Å²) in [4.78, 5) is 16.5. The summed E-state index contributed by atoms with van der Waals surface area (Å²) < 4.78 is 3.17. The van der Waals surface area contributed by atoms with Crippen LogP contribution in [0.3, 0.4) is 0 Å². The highest BCUT2D eigenvalue weighted by atomic mass is 32.1. The van der Waals surface area contributed by atoms with Gasteiger partial charge in [0.05, 0.1) is 12.7 Å². The molecule has 0 aliphatic carbocycles. The number of fused-ring (bicyclic) bond motifs is 2. The van der Waals surface area contributed by atoms with Crippen molar-refractivity contribution in [2.75, 3.05) is 6.54 Å². The van der Waals surface area contributed by atoms with Crippen molar-refractivity contribution in [2.45, 2.75) is 19.1 Å². The van der Waals surface area contributed by atoms with Gasteiger partial charge >= 0.3 is 5.69 Å². The number of pyridine rings is 1. The molecule has 3 aromatic heterocycles. The number of rotatable bonds is 3. The first-order valence-corrected chi connectivity index (χ1v) is 9.59. The molecule has 0 spiro atoms. The van der Waals surface area contributed by atoms with Crippen LogP contribution in [-0.2, 0) is 13.1 Å². The normalized spacial score (nSPS) is 17.5. The lowest BCUT2D eigenvalue weighted by atomic mass is 9.94. The Morgan fingerprint density at radius 3 is 2.77 bits per heavy atom. The van der Waals surface area contributed by atoms with Gasteiger partial charge in [-0.05, 0) is 41.1 Å². The lowest BCUT2D eigenvalue weighted by Gasteiger charge is -2.35. The van der Waals surface area contributed by atoms with Gasteiger partial charge in [-0.1, -0.05) is 36.4 Å². The van der Waals surface area contributed by atoms with E-state index in [-0.39, 0.29) is 11.7 Å². The van der Waals surface area contributed by atoms with E-state index in [2.05, 4.69) is 45.7 Å². The first-order chi connectivity index (χ1) is 12.8. The standard InChI is InChI=1S/C20H18N4OS/c25-20-23-11-5-4-8-18(23)21-24(20)14-22-12-9-17-16(10-13-26-17)19(22)15-6-2-1-3-7-15/h1-8,10-11,13,19H,9,12,14H2/t19-/m0/s1. The van der Waals surface area contributed by atoms with Crippen molar-refractivity contribution in [1.29, 1.82) is 0 Å². The van der Waals surface area contributed by atoms with Crippen LogP contribution in [0.25, 0.3) is 5.65 Å². The third kappa shape index (κ3) is 2.50. The van der Waals surface area contributed by atoms with Crippen LogP contribution in [0, 0.1) is 0 Å². The molecule has 5 nitrogen and oxygen atoms in total. The van der Waals surface area contributed by atoms with Gasteiger partial charge in [0.2, 0.25) is 0 Å². The highest BCUT2D eigenvalue weighted by molar-refractivity contribution is 7.10. The fourth-order valence-electron chi connectivity index (χ4n) is 3.78. The Kier molecular flexibility index (Phi) is 3.72. The first kappa shape index (κ1) is 15.5. The average molecular weight is 362 g/mol. The summed E-state index contributed by atoms with van der Waals surface area (Å²) in [6.07, 6.45) is 2.78. The first-order valence-electron chi connectivity index (χ1n) is 8.71. The zero-order chi connectivity index (χ0) is 17.5. The van der Waals surface area contributed by atoms with Crippen LogP contribution in [0.5, 0.6) is 0 Å². The third-order valence-corrected chi connectivity index (χ3v) is 5.98. The molecule has 1 atom stereocenters. The Labute approximate surface area is 154 Å². The van der Waals surface area contributed by atoms with E-state index in [1.807, 2.05) is 35.6 Å². The molecule has 1 aromatic carbocycles. The van der Waals surface area contributed by atoms with E-state index < -0.39 is 0 Å². The lowest BCUT2D eigenvalue weighted by molar-refractivity contribution is 0.155. The van der Waals surface area contributed by atoms with Crippen molar-refractivity contribution in [1.82, 2.24) is 19.1 Å². The highest BCUT2D eigenvalue weighted by Crippen LogP contribution is 2.37. The molecule has 1 aliphatic heterocycles. The summed E-state index contributed by atoms with van der Waals surface area (Å²) in [6.45, 7) is 1.39. The van der Waals surface area contributed by atoms with Crippen molar-refractivity contribution in [3.05, 3.63) is 92.7 Å². The number of hydrogen-bond acceptors (Lipinski definition) is 4. The van der Waals surface area contributed by atoms with Crippen LogP contribution >= 0.6 is 11.3 Å². The Balaban J connectivity index is 1.56. The van der Waals surface area contributed by atoms with Gasteiger partial charge in [-0.25, -0.2) is 4.79 Å². The summed E-state index contributed by atoms with van der Waals surface area (Å²) in [6, 6.07) is 18.5. The van der Waals surface area contributed by atoms with Crippen LogP contribution in [0.4, 0.5) is 0 Å². The molecule has 0 N–H and O–H groups in total. The Morgan fingerprint density at radius 2 is 1.92 bits per heavy atom. The molecule has 4 aromatic rings. The Hall–Kier alpha value is -2.70. The van der Waals surface area contributed by atoms with Gasteiger partial charge in [0.1, 0.15) is 0 Å². The molecule has 0 saturated heterocycles. The zero-order valence-electron chi connectivity index (χ0n) is 14.2. The van der Waals surface area contributed by atoms with Gasteiger partial charge in [0.25, 0.3) is 0 Å². The minimum absolute atomic E-state index is 0.0940. The molecule has 6 heteroatoms. The van der Waals surface area contributed by atoms with E-state index in [9.17, 15) is 4.79 Å². The van der Waals surface area contributed by atoms with Gasteiger partial charge in [-0.3, -0.25) is 9.30 Å². The highest BCUT2D eigenvalue weighted by Gasteiger charge is 2.30. The summed E-state index contributed by atoms with van der Waals surface area (Å²) in [5.74, 6) is 0. The van der Waals surface area contributed by atoms with Crippen molar-refractivity contribution in [2.24, 2.45) is 0 Å². The van der Waals surface area contributed by atoms with E-state index in [0.29, 0.717) is 12.3 Å². The summed E-state index contributed by atoms with van der Waals surface area (Å²) in [7, 11) is 0. The van der Waals surface area contributed by atoms with E-state index in [1.165, 1.54) is 16.0 Å². The maximum Gasteiger partial charge on any atom is 0.351 e. The molecule has 0 saturated carbocycles. The third-order valence-electron chi connectivity index (χ3n) is 4.99. The zero-order valence-corrected chi connectivity index (χ0v) is 15.0. The second-order valence-corrected chi connectivity index (χ2v) is 7.53. The molecule has 26 heavy (non-hydrogen) atoms. The van der Waals surface area contributed by atoms with Gasteiger partial charge in [-0.2, -0.15) is 4.68 Å². The molecular formula is C20H18N4OS. The largest absolute Gasteiger partial charge is 0.351 e. The van der Waals surface area contributed by atoms with Crippen LogP contribution < -0.4 is 5.69 Å². The van der Waals surface area contributed by atoms with Crippen molar-refractivity contribution >= 4 is 17.0 Å². The maximum atomic E-state index is 12.7. The van der Waals surface area contributed by atoms with Gasteiger partial charge in [0.15, 0.2) is 5.65 Å². The molecule has 1 aliphatic rings. The van der Waals surface area contributed by atoms with E-state index in [4.69, 9.17) is 0 Å². The van der Waals surface area contributed by atoms with E-state index in [1.54, 1.807) is 15.3 Å². The number of aromatic nitrogens is 3. The molecule has 4 heterocycles. The van der Waals surface area contributed by atoms with Crippen molar-refractivity contribution in [3.63, 3.8) is 0 Å². The fraction of sp³-hybridized carbons (Fsp3) is 0.200. The number of thiophene rings is 1. The molecule has 130 valence electrons. The predicted octanol–water partition coefficient (Wildman–Crippen LogP) is 3.16. The van der Waals surface area contributed by atoms with E-state index >= 15 is 0 Å². The average Bonchev–Trinajstić information content (AvgIpc) is 3.28. The summed E-state index contributed by atoms with van der Waals surface area (Å²) in [5.41, 5.74) is 3.19. The van der Waals surface area contributed by atoms with Gasteiger partial charge < -0.3 is 0 Å². The molecule has 0 bridgehead atoms. The summed E-state index contributed by atoms with van der Waals surface area (Å²) >= 11 is 1.82. The summed E-state index contributed by atoms with van der Waals surface area (Å²) in [5, 5.41) is 6.67. The molecule has 0 fully saturated rings. The van der Waals surface area contributed by atoms with Gasteiger partial charge in [0, 0.05) is 17.6 Å².